The number of aromatic nitrogens is 2. The third kappa shape index (κ3) is 5.21. The Bertz CT molecular complexity index is 1470. The lowest BCUT2D eigenvalue weighted by Crippen LogP contribution is -2.46. The van der Waals surface area contributed by atoms with Gasteiger partial charge in [-0.25, -0.2) is 4.98 Å². The van der Waals surface area contributed by atoms with Crippen molar-refractivity contribution in [3.8, 4) is 5.75 Å². The molecule has 0 saturated carbocycles. The molecule has 2 saturated heterocycles. The maximum atomic E-state index is 13.8. The number of thioether (sulfide) groups is 1. The Morgan fingerprint density at radius 3 is 2.55 bits per heavy atom. The summed E-state index contributed by atoms with van der Waals surface area (Å²) in [4.78, 5) is 36.2. The van der Waals surface area contributed by atoms with Crippen molar-refractivity contribution in [3.63, 3.8) is 0 Å². The third-order valence-corrected chi connectivity index (χ3v) is 8.09. The van der Waals surface area contributed by atoms with E-state index >= 15 is 0 Å². The zero-order valence-electron chi connectivity index (χ0n) is 21.8. The highest BCUT2D eigenvalue weighted by molar-refractivity contribution is 8.26. The molecule has 2 fully saturated rings. The Hall–Kier alpha value is -3.21. The summed E-state index contributed by atoms with van der Waals surface area (Å²) in [7, 11) is 1.63. The number of morpholine rings is 1. The molecule has 0 radical (unpaired) electrons. The molecule has 2 atom stereocenters. The monoisotopic (exact) mass is 550 g/mol. The van der Waals surface area contributed by atoms with Gasteiger partial charge >= 0.3 is 0 Å². The van der Waals surface area contributed by atoms with Gasteiger partial charge in [0.05, 0.1) is 29.8 Å². The van der Waals surface area contributed by atoms with Crippen LogP contribution in [-0.2, 0) is 16.0 Å². The lowest BCUT2D eigenvalue weighted by Gasteiger charge is -2.36. The number of carbonyl (C=O) groups excluding carboxylic acids is 1. The fourth-order valence-corrected chi connectivity index (χ4v) is 6.17. The molecule has 8 nitrogen and oxygen atoms in total. The van der Waals surface area contributed by atoms with E-state index < -0.39 is 0 Å². The first-order chi connectivity index (χ1) is 18.2. The van der Waals surface area contributed by atoms with Crippen LogP contribution in [-0.4, -0.2) is 63.5 Å². The topological polar surface area (TPSA) is 76.4 Å². The summed E-state index contributed by atoms with van der Waals surface area (Å²) in [6.45, 7) is 7.60. The molecule has 2 unspecified atom stereocenters. The molecule has 0 N–H and O–H groups in total. The molecule has 1 amide bonds. The average Bonchev–Trinajstić information content (AvgIpc) is 3.16. The lowest BCUT2D eigenvalue weighted by atomic mass is 10.1. The highest BCUT2D eigenvalue weighted by atomic mass is 32.2. The van der Waals surface area contributed by atoms with Crippen molar-refractivity contribution in [2.45, 2.75) is 39.4 Å². The SMILES string of the molecule is COc1ccc(CCN2C(=O)C(=Cc3c(N4CC(C)OC(C)C4)nc4c(C)cccn4c3=O)SC2=S)cc1. The first kappa shape index (κ1) is 26.4. The number of amides is 1. The maximum Gasteiger partial charge on any atom is 0.267 e. The Morgan fingerprint density at radius 2 is 1.87 bits per heavy atom. The number of benzene rings is 1. The van der Waals surface area contributed by atoms with E-state index in [1.54, 1.807) is 28.7 Å². The molecule has 0 aliphatic carbocycles. The zero-order valence-corrected chi connectivity index (χ0v) is 23.5. The number of methoxy groups -OCH3 is 1. The highest BCUT2D eigenvalue weighted by Crippen LogP contribution is 2.34. The number of ether oxygens (including phenoxy) is 2. The molecule has 0 spiro atoms. The van der Waals surface area contributed by atoms with E-state index in [4.69, 9.17) is 26.7 Å². The molecule has 38 heavy (non-hydrogen) atoms. The quantitative estimate of drug-likeness (QED) is 0.336. The van der Waals surface area contributed by atoms with Crippen molar-refractivity contribution in [1.82, 2.24) is 14.3 Å². The van der Waals surface area contributed by atoms with Gasteiger partial charge in [0.15, 0.2) is 0 Å². The number of pyridine rings is 1. The number of anilines is 1. The standard InChI is InChI=1S/C28H30N4O4S2/c1-17-6-5-12-31-24(17)29-25(30-15-18(2)36-19(3)16-30)22(26(31)33)14-23-27(34)32(28(37)38-23)13-11-20-7-9-21(35-4)10-8-20/h5-10,12,14,18-19H,11,13,15-16H2,1-4H3. The molecule has 4 heterocycles. The van der Waals surface area contributed by atoms with Crippen molar-refractivity contribution in [1.29, 1.82) is 0 Å². The minimum Gasteiger partial charge on any atom is -0.497 e. The molecule has 0 bridgehead atoms. The number of aryl methyl sites for hydroxylation is 1. The van der Waals surface area contributed by atoms with Crippen LogP contribution in [0.2, 0.25) is 0 Å². The minimum absolute atomic E-state index is 0.0140. The Labute approximate surface area is 231 Å². The van der Waals surface area contributed by atoms with Crippen molar-refractivity contribution in [2.24, 2.45) is 0 Å². The van der Waals surface area contributed by atoms with E-state index in [9.17, 15) is 9.59 Å². The number of nitrogens with zero attached hydrogens (tertiary/aromatic N) is 4. The van der Waals surface area contributed by atoms with E-state index in [1.165, 1.54) is 11.8 Å². The van der Waals surface area contributed by atoms with Gasteiger partial charge in [0.2, 0.25) is 0 Å². The van der Waals surface area contributed by atoms with Crippen molar-refractivity contribution >= 4 is 51.7 Å². The number of fused-ring (bicyclic) bond motifs is 1. The largest absolute Gasteiger partial charge is 0.497 e. The van der Waals surface area contributed by atoms with E-state index in [0.717, 1.165) is 16.9 Å². The van der Waals surface area contributed by atoms with Crippen LogP contribution in [0, 0.1) is 6.92 Å². The van der Waals surface area contributed by atoms with Crippen LogP contribution in [0.15, 0.2) is 52.3 Å². The average molecular weight is 551 g/mol. The van der Waals surface area contributed by atoms with Crippen LogP contribution in [0.3, 0.4) is 0 Å². The van der Waals surface area contributed by atoms with Gasteiger partial charge in [-0.1, -0.05) is 42.2 Å². The highest BCUT2D eigenvalue weighted by Gasteiger charge is 2.33. The van der Waals surface area contributed by atoms with Crippen LogP contribution >= 0.6 is 24.0 Å². The molecule has 1 aromatic carbocycles. The first-order valence-electron chi connectivity index (χ1n) is 12.6. The van der Waals surface area contributed by atoms with Crippen LogP contribution in [0.5, 0.6) is 5.75 Å². The maximum absolute atomic E-state index is 13.8. The smallest absolute Gasteiger partial charge is 0.267 e. The molecule has 2 aromatic heterocycles. The zero-order chi connectivity index (χ0) is 27.0. The number of thiocarbonyl (C=S) groups is 1. The van der Waals surface area contributed by atoms with Gasteiger partial charge in [-0.3, -0.25) is 18.9 Å². The summed E-state index contributed by atoms with van der Waals surface area (Å²) < 4.78 is 13.2. The van der Waals surface area contributed by atoms with Crippen LogP contribution in [0.1, 0.15) is 30.5 Å². The van der Waals surface area contributed by atoms with Crippen LogP contribution < -0.4 is 15.2 Å². The molecule has 2 aliphatic heterocycles. The van der Waals surface area contributed by atoms with Gasteiger partial charge in [-0.2, -0.15) is 0 Å². The van der Waals surface area contributed by atoms with E-state index in [-0.39, 0.29) is 23.7 Å². The predicted octanol–water partition coefficient (Wildman–Crippen LogP) is 4.07. The fraction of sp³-hybridized carbons (Fsp3) is 0.357. The molecule has 3 aromatic rings. The molecular formula is C28H30N4O4S2. The lowest BCUT2D eigenvalue weighted by molar-refractivity contribution is -0.122. The molecule has 10 heteroatoms. The van der Waals surface area contributed by atoms with Gasteiger partial charge < -0.3 is 14.4 Å². The van der Waals surface area contributed by atoms with Gasteiger partial charge in [0.25, 0.3) is 11.5 Å². The Balaban J connectivity index is 1.49. The second kappa shape index (κ2) is 10.9. The van der Waals surface area contributed by atoms with Crippen LogP contribution in [0.25, 0.3) is 11.7 Å². The second-order valence-corrected chi connectivity index (χ2v) is 11.3. The Kier molecular flexibility index (Phi) is 7.56. The fourth-order valence-electron chi connectivity index (χ4n) is 4.88. The number of hydrogen-bond donors (Lipinski definition) is 0. The Morgan fingerprint density at radius 1 is 1.16 bits per heavy atom. The van der Waals surface area contributed by atoms with Gasteiger partial charge in [0.1, 0.15) is 21.5 Å². The second-order valence-electron chi connectivity index (χ2n) is 9.63. The summed E-state index contributed by atoms with van der Waals surface area (Å²) in [6, 6.07) is 11.5. The van der Waals surface area contributed by atoms with Crippen molar-refractivity contribution in [2.75, 3.05) is 31.6 Å². The summed E-state index contributed by atoms with van der Waals surface area (Å²) in [6.07, 6.45) is 4.00. The van der Waals surface area contributed by atoms with E-state index in [0.29, 0.717) is 52.3 Å². The van der Waals surface area contributed by atoms with Gasteiger partial charge in [0, 0.05) is 25.8 Å². The number of carbonyl (C=O) groups is 1. The summed E-state index contributed by atoms with van der Waals surface area (Å²) in [5, 5.41) is 0. The van der Waals surface area contributed by atoms with Gasteiger partial charge in [-0.15, -0.1) is 0 Å². The van der Waals surface area contributed by atoms with Crippen LogP contribution in [0.4, 0.5) is 5.82 Å². The molecule has 2 aliphatic rings. The van der Waals surface area contributed by atoms with Gasteiger partial charge in [-0.05, 0) is 62.6 Å². The molecule has 198 valence electrons. The first-order valence-corrected chi connectivity index (χ1v) is 13.8. The number of rotatable bonds is 6. The normalized spacial score (nSPS) is 21.1. The number of hydrogen-bond acceptors (Lipinski definition) is 8. The van der Waals surface area contributed by atoms with Crippen molar-refractivity contribution < 1.29 is 14.3 Å². The summed E-state index contributed by atoms with van der Waals surface area (Å²) in [5.41, 5.74) is 2.74. The minimum atomic E-state index is -0.219. The van der Waals surface area contributed by atoms with E-state index in [2.05, 4.69) is 4.90 Å². The molecular weight excluding hydrogens is 520 g/mol. The summed E-state index contributed by atoms with van der Waals surface area (Å²) in [5.74, 6) is 1.15. The third-order valence-electron chi connectivity index (χ3n) is 6.72. The van der Waals surface area contributed by atoms with E-state index in [1.807, 2.05) is 57.2 Å². The predicted molar refractivity (Wildman–Crippen MR) is 155 cm³/mol. The summed E-state index contributed by atoms with van der Waals surface area (Å²) >= 11 is 6.78. The van der Waals surface area contributed by atoms with Crippen molar-refractivity contribution in [3.05, 3.63) is 74.5 Å². The molecule has 5 rings (SSSR count).